The Kier molecular flexibility index (Phi) is 4.75. The van der Waals surface area contributed by atoms with E-state index in [4.69, 9.17) is 0 Å². The molecule has 2 aromatic rings. The molecule has 1 atom stereocenters. The fraction of sp³-hybridized carbons (Fsp3) is 0.263. The zero-order valence-corrected chi connectivity index (χ0v) is 12.3. The van der Waals surface area contributed by atoms with Gasteiger partial charge in [0.2, 0.25) is 0 Å². The highest BCUT2D eigenvalue weighted by atomic mass is 16.3. The molecule has 0 aliphatic heterocycles. The predicted octanol–water partition coefficient (Wildman–Crippen LogP) is 4.75. The van der Waals surface area contributed by atoms with Crippen molar-refractivity contribution in [3.63, 3.8) is 0 Å². The summed E-state index contributed by atoms with van der Waals surface area (Å²) in [6.07, 6.45) is 1.50. The standard InChI is InChI=1S/C19H22O/c1-4-14(2)18-9-5-16(6-10-18)13-17-7-11-19(12-8-17)15(3)20/h5-12,15,20H,2,4,13H2,1,3H3. The first kappa shape index (κ1) is 14.5. The molecule has 0 aliphatic carbocycles. The molecule has 0 heterocycles. The van der Waals surface area contributed by atoms with E-state index in [0.717, 1.165) is 18.4 Å². The van der Waals surface area contributed by atoms with Gasteiger partial charge in [-0.25, -0.2) is 0 Å². The zero-order valence-electron chi connectivity index (χ0n) is 12.3. The molecule has 20 heavy (non-hydrogen) atoms. The normalized spacial score (nSPS) is 12.2. The third kappa shape index (κ3) is 3.58. The molecular formula is C19H22O. The summed E-state index contributed by atoms with van der Waals surface area (Å²) in [6.45, 7) is 7.97. The molecule has 0 aliphatic rings. The van der Waals surface area contributed by atoms with Crippen LogP contribution in [0.5, 0.6) is 0 Å². The smallest absolute Gasteiger partial charge is 0.0761 e. The van der Waals surface area contributed by atoms with Crippen molar-refractivity contribution < 1.29 is 5.11 Å². The van der Waals surface area contributed by atoms with Crippen LogP contribution in [0.15, 0.2) is 55.1 Å². The number of aliphatic hydroxyl groups excluding tert-OH is 1. The van der Waals surface area contributed by atoms with Crippen molar-refractivity contribution in [2.75, 3.05) is 0 Å². The Labute approximate surface area is 121 Å². The van der Waals surface area contributed by atoms with Crippen molar-refractivity contribution in [1.82, 2.24) is 0 Å². The van der Waals surface area contributed by atoms with E-state index in [1.165, 1.54) is 22.3 Å². The van der Waals surface area contributed by atoms with E-state index in [-0.39, 0.29) is 0 Å². The molecule has 0 saturated carbocycles. The maximum absolute atomic E-state index is 9.50. The number of aliphatic hydroxyl groups is 1. The Morgan fingerprint density at radius 2 is 1.50 bits per heavy atom. The Bertz CT molecular complexity index is 562. The van der Waals surface area contributed by atoms with Gasteiger partial charge in [0, 0.05) is 0 Å². The van der Waals surface area contributed by atoms with E-state index in [1.54, 1.807) is 6.92 Å². The monoisotopic (exact) mass is 266 g/mol. The molecule has 0 amide bonds. The first-order chi connectivity index (χ1) is 9.60. The Morgan fingerprint density at radius 1 is 1.00 bits per heavy atom. The summed E-state index contributed by atoms with van der Waals surface area (Å²) < 4.78 is 0. The summed E-state index contributed by atoms with van der Waals surface area (Å²) >= 11 is 0. The lowest BCUT2D eigenvalue weighted by Gasteiger charge is -2.08. The summed E-state index contributed by atoms with van der Waals surface area (Å²) in [4.78, 5) is 0. The van der Waals surface area contributed by atoms with Crippen LogP contribution in [0.2, 0.25) is 0 Å². The minimum Gasteiger partial charge on any atom is -0.389 e. The van der Waals surface area contributed by atoms with Crippen molar-refractivity contribution >= 4 is 5.57 Å². The van der Waals surface area contributed by atoms with Crippen molar-refractivity contribution in [3.05, 3.63) is 77.4 Å². The van der Waals surface area contributed by atoms with Gasteiger partial charge in [0.25, 0.3) is 0 Å². The molecule has 1 unspecified atom stereocenters. The molecule has 1 N–H and O–H groups in total. The van der Waals surface area contributed by atoms with Crippen LogP contribution in [0.1, 0.15) is 48.6 Å². The zero-order chi connectivity index (χ0) is 14.5. The third-order valence-corrected chi connectivity index (χ3v) is 3.66. The number of hydrogen-bond donors (Lipinski definition) is 1. The quantitative estimate of drug-likeness (QED) is 0.827. The molecule has 2 rings (SSSR count). The first-order valence-electron chi connectivity index (χ1n) is 7.14. The van der Waals surface area contributed by atoms with Crippen LogP contribution in [-0.2, 0) is 6.42 Å². The van der Waals surface area contributed by atoms with E-state index in [2.05, 4.69) is 49.9 Å². The highest BCUT2D eigenvalue weighted by molar-refractivity contribution is 5.63. The van der Waals surface area contributed by atoms with Crippen molar-refractivity contribution in [2.24, 2.45) is 0 Å². The van der Waals surface area contributed by atoms with Crippen LogP contribution >= 0.6 is 0 Å². The Hall–Kier alpha value is -1.86. The number of allylic oxidation sites excluding steroid dienone is 1. The lowest BCUT2D eigenvalue weighted by atomic mass is 9.99. The maximum atomic E-state index is 9.50. The van der Waals surface area contributed by atoms with Gasteiger partial charge in [0.1, 0.15) is 0 Å². The van der Waals surface area contributed by atoms with Crippen LogP contribution in [0.25, 0.3) is 5.57 Å². The van der Waals surface area contributed by atoms with Crippen LogP contribution in [0, 0.1) is 0 Å². The Morgan fingerprint density at radius 3 is 1.95 bits per heavy atom. The molecule has 1 heteroatoms. The van der Waals surface area contributed by atoms with Gasteiger partial charge in [-0.2, -0.15) is 0 Å². The first-order valence-corrected chi connectivity index (χ1v) is 7.14. The van der Waals surface area contributed by atoms with Crippen LogP contribution in [0.3, 0.4) is 0 Å². The fourth-order valence-corrected chi connectivity index (χ4v) is 2.21. The van der Waals surface area contributed by atoms with E-state index in [0.29, 0.717) is 0 Å². The van der Waals surface area contributed by atoms with Gasteiger partial charge in [-0.1, -0.05) is 62.0 Å². The summed E-state index contributed by atoms with van der Waals surface area (Å²) in [5.74, 6) is 0. The molecule has 0 bridgehead atoms. The lowest BCUT2D eigenvalue weighted by molar-refractivity contribution is 0.199. The molecule has 0 radical (unpaired) electrons. The summed E-state index contributed by atoms with van der Waals surface area (Å²) in [5.41, 5.74) is 5.92. The van der Waals surface area contributed by atoms with Crippen LogP contribution in [0.4, 0.5) is 0 Å². The van der Waals surface area contributed by atoms with E-state index in [1.807, 2.05) is 12.1 Å². The average Bonchev–Trinajstić information content (AvgIpc) is 2.48. The SMILES string of the molecule is C=C(CC)c1ccc(Cc2ccc(C(C)O)cc2)cc1. The Balaban J connectivity index is 2.08. The predicted molar refractivity (Wildman–Crippen MR) is 85.6 cm³/mol. The fourth-order valence-electron chi connectivity index (χ4n) is 2.21. The number of benzene rings is 2. The van der Waals surface area contributed by atoms with Gasteiger partial charge in [0.15, 0.2) is 0 Å². The summed E-state index contributed by atoms with van der Waals surface area (Å²) in [7, 11) is 0. The van der Waals surface area contributed by atoms with Gasteiger partial charge in [-0.15, -0.1) is 0 Å². The second-order valence-corrected chi connectivity index (χ2v) is 5.25. The lowest BCUT2D eigenvalue weighted by Crippen LogP contribution is -1.93. The molecular weight excluding hydrogens is 244 g/mol. The molecule has 2 aromatic carbocycles. The van der Waals surface area contributed by atoms with Crippen molar-refractivity contribution in [3.8, 4) is 0 Å². The minimum absolute atomic E-state index is 0.400. The van der Waals surface area contributed by atoms with Gasteiger partial charge in [0.05, 0.1) is 6.10 Å². The van der Waals surface area contributed by atoms with Gasteiger partial charge in [-0.05, 0) is 47.6 Å². The molecule has 0 spiro atoms. The van der Waals surface area contributed by atoms with Crippen LogP contribution < -0.4 is 0 Å². The largest absolute Gasteiger partial charge is 0.389 e. The second-order valence-electron chi connectivity index (χ2n) is 5.25. The molecule has 104 valence electrons. The number of rotatable bonds is 5. The minimum atomic E-state index is -0.400. The van der Waals surface area contributed by atoms with Gasteiger partial charge >= 0.3 is 0 Å². The van der Waals surface area contributed by atoms with E-state index < -0.39 is 6.10 Å². The second kappa shape index (κ2) is 6.53. The highest BCUT2D eigenvalue weighted by Gasteiger charge is 2.02. The number of hydrogen-bond acceptors (Lipinski definition) is 1. The average molecular weight is 266 g/mol. The van der Waals surface area contributed by atoms with E-state index in [9.17, 15) is 5.11 Å². The molecule has 0 saturated heterocycles. The molecule has 0 fully saturated rings. The third-order valence-electron chi connectivity index (χ3n) is 3.66. The van der Waals surface area contributed by atoms with E-state index >= 15 is 0 Å². The van der Waals surface area contributed by atoms with Crippen molar-refractivity contribution in [2.45, 2.75) is 32.8 Å². The van der Waals surface area contributed by atoms with Gasteiger partial charge in [-0.3, -0.25) is 0 Å². The topological polar surface area (TPSA) is 20.2 Å². The maximum Gasteiger partial charge on any atom is 0.0761 e. The molecule has 0 aromatic heterocycles. The summed E-state index contributed by atoms with van der Waals surface area (Å²) in [6, 6.07) is 16.8. The molecule has 1 nitrogen and oxygen atoms in total. The van der Waals surface area contributed by atoms with Gasteiger partial charge < -0.3 is 5.11 Å². The summed E-state index contributed by atoms with van der Waals surface area (Å²) in [5, 5.41) is 9.50. The van der Waals surface area contributed by atoms with Crippen molar-refractivity contribution in [1.29, 1.82) is 0 Å². The highest BCUT2D eigenvalue weighted by Crippen LogP contribution is 2.19. The van der Waals surface area contributed by atoms with Crippen LogP contribution in [-0.4, -0.2) is 5.11 Å².